The molecule has 0 bridgehead atoms. The second kappa shape index (κ2) is 21.8. The number of carboxylic acid groups (broad SMARTS) is 1. The highest BCUT2D eigenvalue weighted by molar-refractivity contribution is 6.54. The number of nitro benzene ring substituents is 1. The summed E-state index contributed by atoms with van der Waals surface area (Å²) in [6.45, 7) is 6.73. The summed E-state index contributed by atoms with van der Waals surface area (Å²) in [7, 11) is 1.58. The van der Waals surface area contributed by atoms with E-state index in [0.29, 0.717) is 18.4 Å². The van der Waals surface area contributed by atoms with Crippen LogP contribution in [0.15, 0.2) is 78.9 Å². The fraction of sp³-hybridized carbons (Fsp3) is 0.308. The van der Waals surface area contributed by atoms with Gasteiger partial charge in [0.15, 0.2) is 4.84 Å². The van der Waals surface area contributed by atoms with Crippen molar-refractivity contribution in [3.05, 3.63) is 116 Å². The molecule has 1 atom stereocenters. The lowest BCUT2D eigenvalue weighted by atomic mass is 10.0. The largest absolute Gasteiger partial charge is 0.489 e. The molecule has 5 rings (SSSR count). The summed E-state index contributed by atoms with van der Waals surface area (Å²) in [6, 6.07) is 18.6. The number of carbonyl (C=O) groups is 3. The van der Waals surface area contributed by atoms with Gasteiger partial charge in [-0.25, -0.2) is 4.79 Å². The number of hydrogen-bond acceptors (Lipinski definition) is 8. The van der Waals surface area contributed by atoms with Crippen LogP contribution in [0.5, 0.6) is 17.2 Å². The number of hydrogen-bond donors (Lipinski definition) is 1. The molecule has 4 aromatic carbocycles. The highest BCUT2D eigenvalue weighted by atomic mass is 35.5. The Labute approximate surface area is 352 Å². The minimum Gasteiger partial charge on any atom is -0.489 e. The Hall–Kier alpha value is -4.80. The number of nitrogens with zero attached hydrogens (tertiary/aromatic N) is 3. The van der Waals surface area contributed by atoms with Crippen LogP contribution in [0, 0.1) is 10.1 Å². The minimum atomic E-state index is -4.58. The number of rotatable bonds is 11. The lowest BCUT2D eigenvalue weighted by molar-refractivity contribution is -0.385. The zero-order chi connectivity index (χ0) is 43.3. The maximum atomic E-state index is 12.6. The van der Waals surface area contributed by atoms with Crippen molar-refractivity contribution in [1.29, 1.82) is 0 Å². The Morgan fingerprint density at radius 1 is 1.02 bits per heavy atom. The van der Waals surface area contributed by atoms with Gasteiger partial charge in [-0.1, -0.05) is 79.0 Å². The SMILES string of the molecule is CC1COc2ccccc2N1C(=O)C(Cl)Cl.CCc1cccc(CC)c1N(COC)C(=O)CCl.O=C(O)c1cc(Oc2ccc(C(F)(F)F)cc2Cl)ccc1[N+](=O)[O-]. The van der Waals surface area contributed by atoms with Crippen LogP contribution >= 0.6 is 46.4 Å². The summed E-state index contributed by atoms with van der Waals surface area (Å²) >= 11 is 22.7. The van der Waals surface area contributed by atoms with E-state index in [2.05, 4.69) is 13.8 Å². The van der Waals surface area contributed by atoms with Crippen molar-refractivity contribution in [2.45, 2.75) is 50.7 Å². The van der Waals surface area contributed by atoms with Gasteiger partial charge in [0.1, 0.15) is 42.0 Å². The van der Waals surface area contributed by atoms with Gasteiger partial charge in [-0.05, 0) is 67.3 Å². The average molecular weight is 892 g/mol. The molecule has 0 saturated carbocycles. The van der Waals surface area contributed by atoms with Gasteiger partial charge in [0.25, 0.3) is 11.6 Å². The number of anilines is 2. The van der Waals surface area contributed by atoms with Crippen molar-refractivity contribution in [1.82, 2.24) is 0 Å². The molecular weight excluding hydrogens is 853 g/mol. The quantitative estimate of drug-likeness (QED) is 0.0672. The van der Waals surface area contributed by atoms with E-state index in [9.17, 15) is 37.7 Å². The van der Waals surface area contributed by atoms with Gasteiger partial charge < -0.3 is 24.2 Å². The topological polar surface area (TPSA) is 149 Å². The molecule has 12 nitrogen and oxygen atoms in total. The lowest BCUT2D eigenvalue weighted by Gasteiger charge is -2.35. The van der Waals surface area contributed by atoms with Crippen LogP contribution in [0.1, 0.15) is 47.8 Å². The number of ether oxygens (including phenoxy) is 3. The molecule has 19 heteroatoms. The van der Waals surface area contributed by atoms with Crippen molar-refractivity contribution in [2.24, 2.45) is 0 Å². The molecule has 0 saturated heterocycles. The molecule has 58 heavy (non-hydrogen) atoms. The van der Waals surface area contributed by atoms with Crippen LogP contribution in [-0.2, 0) is 33.3 Å². The highest BCUT2D eigenvalue weighted by Crippen LogP contribution is 2.38. The number of aryl methyl sites for hydroxylation is 2. The summed E-state index contributed by atoms with van der Waals surface area (Å²) < 4.78 is 53.5. The monoisotopic (exact) mass is 889 g/mol. The Morgan fingerprint density at radius 3 is 2.17 bits per heavy atom. The van der Waals surface area contributed by atoms with Crippen LogP contribution < -0.4 is 19.3 Å². The average Bonchev–Trinajstić information content (AvgIpc) is 3.19. The summed E-state index contributed by atoms with van der Waals surface area (Å²) in [5.74, 6) is -1.63. The third-order valence-corrected chi connectivity index (χ3v) is 9.16. The summed E-state index contributed by atoms with van der Waals surface area (Å²) in [5.41, 5.74) is 1.71. The number of nitro groups is 1. The van der Waals surface area contributed by atoms with E-state index in [0.717, 1.165) is 65.7 Å². The van der Waals surface area contributed by atoms with Gasteiger partial charge in [0.05, 0.1) is 32.9 Å². The number of benzene rings is 4. The molecule has 1 heterocycles. The molecule has 0 spiro atoms. The number of halogens is 7. The maximum absolute atomic E-state index is 12.6. The number of para-hydroxylation sites is 3. The number of aromatic carboxylic acids is 1. The van der Waals surface area contributed by atoms with Gasteiger partial charge in [-0.2, -0.15) is 13.2 Å². The number of amides is 2. The maximum Gasteiger partial charge on any atom is 0.416 e. The van der Waals surface area contributed by atoms with Gasteiger partial charge in [-0.3, -0.25) is 24.6 Å². The first-order chi connectivity index (χ1) is 27.4. The molecular formula is C39H38Cl4F3N3O9. The van der Waals surface area contributed by atoms with E-state index in [-0.39, 0.29) is 47.0 Å². The third-order valence-electron chi connectivity index (χ3n) is 8.26. The first-order valence-corrected chi connectivity index (χ1v) is 19.0. The number of methoxy groups -OCH3 is 1. The number of carbonyl (C=O) groups excluding carboxylic acids is 2. The van der Waals surface area contributed by atoms with Crippen molar-refractivity contribution in [3.8, 4) is 17.2 Å². The lowest BCUT2D eigenvalue weighted by Crippen LogP contribution is -2.47. The molecule has 312 valence electrons. The predicted octanol–water partition coefficient (Wildman–Crippen LogP) is 10.3. The van der Waals surface area contributed by atoms with E-state index < -0.39 is 38.7 Å². The normalized spacial score (nSPS) is 13.2. The summed E-state index contributed by atoms with van der Waals surface area (Å²) in [4.78, 5) is 46.9. The van der Waals surface area contributed by atoms with Crippen LogP contribution in [0.3, 0.4) is 0 Å². The van der Waals surface area contributed by atoms with Gasteiger partial charge in [-0.15, -0.1) is 11.6 Å². The first-order valence-electron chi connectivity index (χ1n) is 17.2. The molecule has 0 radical (unpaired) electrons. The Morgan fingerprint density at radius 2 is 1.66 bits per heavy atom. The summed E-state index contributed by atoms with van der Waals surface area (Å²) in [5, 5.41) is 19.4. The van der Waals surface area contributed by atoms with Crippen molar-refractivity contribution in [2.75, 3.05) is 36.1 Å². The van der Waals surface area contributed by atoms with E-state index >= 15 is 0 Å². The zero-order valence-corrected chi connectivity index (χ0v) is 34.4. The van der Waals surface area contributed by atoms with Crippen LogP contribution in [-0.4, -0.2) is 65.0 Å². The molecule has 1 unspecified atom stereocenters. The first kappa shape index (κ1) is 47.6. The molecule has 1 N–H and O–H groups in total. The predicted molar refractivity (Wildman–Crippen MR) is 216 cm³/mol. The Balaban J connectivity index is 0.000000239. The fourth-order valence-electron chi connectivity index (χ4n) is 5.56. The van der Waals surface area contributed by atoms with Gasteiger partial charge >= 0.3 is 12.1 Å². The van der Waals surface area contributed by atoms with Crippen LogP contribution in [0.2, 0.25) is 5.02 Å². The fourth-order valence-corrected chi connectivity index (χ4v) is 6.14. The van der Waals surface area contributed by atoms with Crippen molar-refractivity contribution < 1.29 is 51.8 Å². The third kappa shape index (κ3) is 12.4. The van der Waals surface area contributed by atoms with Crippen LogP contribution in [0.25, 0.3) is 0 Å². The molecule has 0 aliphatic carbocycles. The van der Waals surface area contributed by atoms with E-state index in [1.54, 1.807) is 16.9 Å². The molecule has 2 amide bonds. The van der Waals surface area contributed by atoms with E-state index in [1.165, 1.54) is 0 Å². The number of alkyl halides is 6. The Kier molecular flexibility index (Phi) is 17.9. The Bertz CT molecular complexity index is 2070. The van der Waals surface area contributed by atoms with Crippen LogP contribution in [0.4, 0.5) is 30.2 Å². The molecule has 0 aromatic heterocycles. The smallest absolute Gasteiger partial charge is 0.416 e. The van der Waals surface area contributed by atoms with Gasteiger partial charge in [0, 0.05) is 19.2 Å². The van der Waals surface area contributed by atoms with Crippen molar-refractivity contribution >= 4 is 81.2 Å². The minimum absolute atomic E-state index is 0.0371. The molecule has 1 aliphatic rings. The van der Waals surface area contributed by atoms with E-state index in [4.69, 9.17) is 65.7 Å². The molecule has 1 aliphatic heterocycles. The van der Waals surface area contributed by atoms with Gasteiger partial charge in [0.2, 0.25) is 5.91 Å². The number of carboxylic acids is 1. The summed E-state index contributed by atoms with van der Waals surface area (Å²) in [6.07, 6.45) is -2.83. The van der Waals surface area contributed by atoms with Crippen molar-refractivity contribution in [3.63, 3.8) is 0 Å². The second-order valence-corrected chi connectivity index (χ2v) is 13.9. The second-order valence-electron chi connectivity index (χ2n) is 12.1. The molecule has 0 fully saturated rings. The molecule has 4 aromatic rings. The zero-order valence-electron chi connectivity index (χ0n) is 31.4. The number of fused-ring (bicyclic) bond motifs is 1. The highest BCUT2D eigenvalue weighted by Gasteiger charge is 2.33. The van der Waals surface area contributed by atoms with E-state index in [1.807, 2.05) is 49.4 Å². The standard InChI is InChI=1S/C14H7ClF3NO5.C14H20ClNO2.C11H11Cl2NO2/c15-10-5-7(14(16,17)18)1-4-12(10)24-8-2-3-11(19(22)23)9(6-8)13(20)21;1-4-11-7-6-8-12(5-2)14(11)16(10-18-3)13(17)9-15;1-7-6-16-9-5-3-2-4-8(9)14(7)11(15)10(12)13/h1-6H,(H,20,21);6-8H,4-5,9-10H2,1-3H3;2-5,7,10H,6H2,1H3.